The van der Waals surface area contributed by atoms with Crippen molar-refractivity contribution in [2.75, 3.05) is 13.2 Å². The number of carbonyl (C=O) groups excluding carboxylic acids is 2. The van der Waals surface area contributed by atoms with E-state index in [0.29, 0.717) is 19.3 Å². The molecule has 0 aromatic rings. The highest BCUT2D eigenvalue weighted by Crippen LogP contribution is 2.45. The van der Waals surface area contributed by atoms with Crippen LogP contribution in [-0.4, -0.2) is 152 Å². The third-order valence-corrected chi connectivity index (χ3v) is 11.0. The molecule has 16 heteroatoms. The Hall–Kier alpha value is -2.06. The first-order chi connectivity index (χ1) is 24.3. The van der Waals surface area contributed by atoms with E-state index in [1.54, 1.807) is 6.92 Å². The molecule has 5 rings (SSSR count). The molecule has 290 valence electrons. The van der Waals surface area contributed by atoms with Crippen LogP contribution in [0.25, 0.3) is 0 Å². The normalized spacial score (nSPS) is 45.0. The van der Waals surface area contributed by atoms with Gasteiger partial charge in [0, 0.05) is 18.8 Å². The van der Waals surface area contributed by atoms with E-state index >= 15 is 0 Å². The Morgan fingerprint density at radius 2 is 1.49 bits per heavy atom. The van der Waals surface area contributed by atoms with Gasteiger partial charge in [-0.25, -0.2) is 0 Å². The molecular weight excluding hydrogens is 676 g/mol. The van der Waals surface area contributed by atoms with Gasteiger partial charge in [-0.1, -0.05) is 39.0 Å². The molecule has 3 heterocycles. The molecule has 0 radical (unpaired) electrons. The summed E-state index contributed by atoms with van der Waals surface area (Å²) in [5.74, 6) is -1.51. The summed E-state index contributed by atoms with van der Waals surface area (Å²) < 4.78 is 34.8. The zero-order valence-corrected chi connectivity index (χ0v) is 29.1. The lowest BCUT2D eigenvalue weighted by Crippen LogP contribution is -2.60. The van der Waals surface area contributed by atoms with E-state index < -0.39 is 105 Å². The van der Waals surface area contributed by atoms with Crippen molar-refractivity contribution in [3.8, 4) is 0 Å². The van der Waals surface area contributed by atoms with Gasteiger partial charge < -0.3 is 69.3 Å². The van der Waals surface area contributed by atoms with Crippen LogP contribution in [0.2, 0.25) is 0 Å². The van der Waals surface area contributed by atoms with E-state index in [-0.39, 0.29) is 48.9 Å². The van der Waals surface area contributed by atoms with E-state index in [1.807, 2.05) is 25.2 Å². The standard InChI is InChI=1S/C35H54O16/c1-4-15(2)33(45)49-22-11-19(47-34-31(43)29(41)27(39)23(13-36)50-34)9-17-6-5-16(3)21(26(17)22)8-7-18-10-20(12-25(38)46-18)48-35-32(44)30(42)28(40)24(14-37)51-35/h5-6,9,15-16,18-24,26-32,34-37,39-44H,4,7-8,10-14H2,1-3H3/t15?,16?,18?,19?,20?,21?,22?,23-,24-,26?,27+,28+,29+,30+,31-,32-,34?,35?/m1/s1. The average Bonchev–Trinajstić information content (AvgIpc) is 3.11. The van der Waals surface area contributed by atoms with Crippen LogP contribution in [0.3, 0.4) is 0 Å². The molecular formula is C35H54O16. The first-order valence-electron chi connectivity index (χ1n) is 18.0. The highest BCUT2D eigenvalue weighted by Gasteiger charge is 2.49. The topological polar surface area (TPSA) is 251 Å². The molecule has 0 amide bonds. The van der Waals surface area contributed by atoms with Crippen molar-refractivity contribution in [2.24, 2.45) is 23.7 Å². The number of fused-ring (bicyclic) bond motifs is 1. The summed E-state index contributed by atoms with van der Waals surface area (Å²) in [4.78, 5) is 25.8. The molecule has 18 atom stereocenters. The number of aliphatic hydroxyl groups is 8. The zero-order valence-electron chi connectivity index (χ0n) is 29.1. The van der Waals surface area contributed by atoms with Gasteiger partial charge in [0.15, 0.2) is 12.6 Å². The summed E-state index contributed by atoms with van der Waals surface area (Å²) in [7, 11) is 0. The van der Waals surface area contributed by atoms with Gasteiger partial charge in [0.2, 0.25) is 0 Å². The predicted molar refractivity (Wildman–Crippen MR) is 173 cm³/mol. The van der Waals surface area contributed by atoms with Gasteiger partial charge in [0.1, 0.15) is 61.0 Å². The zero-order chi connectivity index (χ0) is 37.1. The minimum absolute atomic E-state index is 0.0420. The highest BCUT2D eigenvalue weighted by molar-refractivity contribution is 5.72. The predicted octanol–water partition coefficient (Wildman–Crippen LogP) is -1.43. The minimum atomic E-state index is -1.62. The first-order valence-corrected chi connectivity index (χ1v) is 18.0. The summed E-state index contributed by atoms with van der Waals surface area (Å²) >= 11 is 0. The largest absolute Gasteiger partial charge is 0.462 e. The van der Waals surface area contributed by atoms with Gasteiger partial charge in [0.25, 0.3) is 0 Å². The molecule has 3 aliphatic heterocycles. The van der Waals surface area contributed by atoms with E-state index in [2.05, 4.69) is 6.92 Å². The number of carbonyl (C=O) groups is 2. The maximum absolute atomic E-state index is 13.2. The van der Waals surface area contributed by atoms with Crippen LogP contribution >= 0.6 is 0 Å². The van der Waals surface area contributed by atoms with Crippen LogP contribution < -0.4 is 0 Å². The SMILES string of the molecule is CCC(C)C(=O)OC1CC(OC2O[C@H](CO)[C@H](O)[C@H](O)[C@H]2O)C=C2C=CC(C)C(CCC3CC(OC4O[C@H](CO)[C@H](O)[C@H](O)[C@H]4O)CC(=O)O3)C21. The fourth-order valence-electron chi connectivity index (χ4n) is 7.72. The average molecular weight is 731 g/mol. The molecule has 8 N–H and O–H groups in total. The monoisotopic (exact) mass is 730 g/mol. The van der Waals surface area contributed by atoms with Gasteiger partial charge in [-0.3, -0.25) is 9.59 Å². The maximum atomic E-state index is 13.2. The molecule has 16 nitrogen and oxygen atoms in total. The van der Waals surface area contributed by atoms with Crippen molar-refractivity contribution in [1.29, 1.82) is 0 Å². The second-order valence-electron chi connectivity index (χ2n) is 14.6. The van der Waals surface area contributed by atoms with Gasteiger partial charge in [-0.2, -0.15) is 0 Å². The lowest BCUT2D eigenvalue weighted by Gasteiger charge is -2.45. The first kappa shape index (κ1) is 40.1. The summed E-state index contributed by atoms with van der Waals surface area (Å²) in [6.07, 6.45) is -9.42. The number of hydrogen-bond acceptors (Lipinski definition) is 16. The maximum Gasteiger partial charge on any atom is 0.308 e. The second kappa shape index (κ2) is 17.4. The number of allylic oxidation sites excluding steroid dienone is 2. The van der Waals surface area contributed by atoms with Gasteiger partial charge in [-0.05, 0) is 36.7 Å². The van der Waals surface area contributed by atoms with Crippen LogP contribution in [0.5, 0.6) is 0 Å². The van der Waals surface area contributed by atoms with Crippen LogP contribution in [0, 0.1) is 23.7 Å². The van der Waals surface area contributed by atoms with E-state index in [4.69, 9.17) is 28.4 Å². The Morgan fingerprint density at radius 3 is 2.08 bits per heavy atom. The molecule has 3 saturated heterocycles. The number of hydrogen-bond donors (Lipinski definition) is 8. The van der Waals surface area contributed by atoms with Crippen LogP contribution in [0.1, 0.15) is 59.3 Å². The lowest BCUT2D eigenvalue weighted by molar-refractivity contribution is -0.314. The van der Waals surface area contributed by atoms with Crippen molar-refractivity contribution < 1.29 is 78.9 Å². The molecule has 0 spiro atoms. The van der Waals surface area contributed by atoms with Crippen molar-refractivity contribution in [1.82, 2.24) is 0 Å². The van der Waals surface area contributed by atoms with Gasteiger partial charge >= 0.3 is 11.9 Å². The third kappa shape index (κ3) is 9.01. The number of aliphatic hydroxyl groups excluding tert-OH is 8. The number of ether oxygens (including phenoxy) is 6. The molecule has 0 aromatic carbocycles. The van der Waals surface area contributed by atoms with E-state index in [1.165, 1.54) is 0 Å². The molecule has 2 aliphatic carbocycles. The molecule has 0 saturated carbocycles. The Kier molecular flexibility index (Phi) is 13.7. The Bertz CT molecular complexity index is 1240. The fraction of sp³-hybridized carbons (Fsp3) is 0.829. The molecule has 10 unspecified atom stereocenters. The number of rotatable bonds is 12. The van der Waals surface area contributed by atoms with Gasteiger partial charge in [0.05, 0.1) is 37.8 Å². The lowest BCUT2D eigenvalue weighted by atomic mass is 9.66. The van der Waals surface area contributed by atoms with Crippen LogP contribution in [-0.2, 0) is 38.0 Å². The molecule has 51 heavy (non-hydrogen) atoms. The molecule has 5 aliphatic rings. The number of esters is 2. The van der Waals surface area contributed by atoms with Crippen LogP contribution in [0.15, 0.2) is 23.8 Å². The third-order valence-electron chi connectivity index (χ3n) is 11.0. The molecule has 3 fully saturated rings. The van der Waals surface area contributed by atoms with Gasteiger partial charge in [-0.15, -0.1) is 0 Å². The van der Waals surface area contributed by atoms with E-state index in [0.717, 1.165) is 5.57 Å². The summed E-state index contributed by atoms with van der Waals surface area (Å²) in [5.41, 5.74) is 0.838. The quantitative estimate of drug-likeness (QED) is 0.107. The van der Waals surface area contributed by atoms with Crippen molar-refractivity contribution in [2.45, 2.75) is 145 Å². The Labute approximate surface area is 296 Å². The summed E-state index contributed by atoms with van der Waals surface area (Å²) in [5, 5.41) is 80.9. The summed E-state index contributed by atoms with van der Waals surface area (Å²) in [6, 6.07) is 0. The molecule has 0 aromatic heterocycles. The summed E-state index contributed by atoms with van der Waals surface area (Å²) in [6.45, 7) is 4.51. The second-order valence-corrected chi connectivity index (χ2v) is 14.6. The Morgan fingerprint density at radius 1 is 0.882 bits per heavy atom. The van der Waals surface area contributed by atoms with E-state index in [9.17, 15) is 50.4 Å². The Balaban J connectivity index is 1.29. The van der Waals surface area contributed by atoms with Crippen molar-refractivity contribution >= 4 is 11.9 Å². The minimum Gasteiger partial charge on any atom is -0.462 e. The number of cyclic esters (lactones) is 1. The fourth-order valence-corrected chi connectivity index (χ4v) is 7.72. The molecule has 0 bridgehead atoms. The van der Waals surface area contributed by atoms with Crippen molar-refractivity contribution in [3.63, 3.8) is 0 Å². The van der Waals surface area contributed by atoms with Crippen LogP contribution in [0.4, 0.5) is 0 Å². The van der Waals surface area contributed by atoms with Crippen molar-refractivity contribution in [3.05, 3.63) is 23.8 Å². The smallest absolute Gasteiger partial charge is 0.308 e. The highest BCUT2D eigenvalue weighted by atomic mass is 16.7.